The van der Waals surface area contributed by atoms with Crippen LogP contribution in [-0.2, 0) is 11.5 Å². The van der Waals surface area contributed by atoms with Crippen LogP contribution in [0, 0.1) is 6.92 Å². The van der Waals surface area contributed by atoms with Crippen molar-refractivity contribution in [3.8, 4) is 0 Å². The van der Waals surface area contributed by atoms with E-state index in [0.29, 0.717) is 6.73 Å². The van der Waals surface area contributed by atoms with Gasteiger partial charge in [-0.05, 0) is 33.8 Å². The number of pyridine rings is 1. The first-order valence-electron chi connectivity index (χ1n) is 4.70. The lowest BCUT2D eigenvalue weighted by Gasteiger charge is -2.20. The van der Waals surface area contributed by atoms with E-state index < -0.39 is 0 Å². The molecule has 0 bridgehead atoms. The highest BCUT2D eigenvalue weighted by Crippen LogP contribution is 2.07. The molecule has 0 aromatic carbocycles. The van der Waals surface area contributed by atoms with E-state index in [9.17, 15) is 4.79 Å². The van der Waals surface area contributed by atoms with Crippen molar-refractivity contribution in [2.45, 2.75) is 40.0 Å². The number of hydrogen-bond donors (Lipinski definition) is 0. The second kappa shape index (κ2) is 3.96. The van der Waals surface area contributed by atoms with Crippen LogP contribution in [0.3, 0.4) is 0 Å². The molecule has 1 rings (SSSR count). The summed E-state index contributed by atoms with van der Waals surface area (Å²) >= 11 is 0. The van der Waals surface area contributed by atoms with Gasteiger partial charge in [0.1, 0.15) is 6.73 Å². The van der Waals surface area contributed by atoms with Gasteiger partial charge in [0, 0.05) is 11.8 Å². The minimum absolute atomic E-state index is 0.0109. The third-order valence-electron chi connectivity index (χ3n) is 1.85. The first kappa shape index (κ1) is 11.0. The van der Waals surface area contributed by atoms with Crippen LogP contribution in [0.15, 0.2) is 23.1 Å². The zero-order valence-electron chi connectivity index (χ0n) is 9.20. The lowest BCUT2D eigenvalue weighted by Crippen LogP contribution is -2.27. The predicted octanol–water partition coefficient (Wildman–Crippen LogP) is 1.93. The molecule has 78 valence electrons. The SMILES string of the molecule is Cc1cccn(COC(C)(C)C)c1=O. The lowest BCUT2D eigenvalue weighted by atomic mass is 10.2. The second-order valence-corrected chi connectivity index (χ2v) is 4.35. The normalized spacial score (nSPS) is 11.7. The summed E-state index contributed by atoms with van der Waals surface area (Å²) in [5.74, 6) is 0. The zero-order chi connectivity index (χ0) is 10.8. The Labute approximate surface area is 84.3 Å². The Hall–Kier alpha value is -1.09. The third kappa shape index (κ3) is 3.00. The van der Waals surface area contributed by atoms with E-state index in [1.807, 2.05) is 26.8 Å². The Bertz CT molecular complexity index is 360. The summed E-state index contributed by atoms with van der Waals surface area (Å²) in [6.45, 7) is 8.01. The maximum atomic E-state index is 11.6. The number of nitrogens with zero attached hydrogens (tertiary/aromatic N) is 1. The zero-order valence-corrected chi connectivity index (χ0v) is 9.20. The van der Waals surface area contributed by atoms with Crippen molar-refractivity contribution in [3.05, 3.63) is 34.2 Å². The standard InChI is InChI=1S/C11H17NO2/c1-9-6-5-7-12(10(9)13)8-14-11(2,3)4/h5-7H,8H2,1-4H3. The third-order valence-corrected chi connectivity index (χ3v) is 1.85. The second-order valence-electron chi connectivity index (χ2n) is 4.35. The van der Waals surface area contributed by atoms with Gasteiger partial charge >= 0.3 is 0 Å². The average Bonchev–Trinajstić information content (AvgIpc) is 2.06. The fourth-order valence-corrected chi connectivity index (χ4v) is 1.02. The molecule has 0 amide bonds. The fraction of sp³-hybridized carbons (Fsp3) is 0.545. The molecule has 14 heavy (non-hydrogen) atoms. The van der Waals surface area contributed by atoms with E-state index in [1.54, 1.807) is 23.8 Å². The molecule has 0 radical (unpaired) electrons. The van der Waals surface area contributed by atoms with Crippen molar-refractivity contribution in [1.29, 1.82) is 0 Å². The van der Waals surface area contributed by atoms with Crippen LogP contribution in [0.25, 0.3) is 0 Å². The topological polar surface area (TPSA) is 31.2 Å². The first-order chi connectivity index (χ1) is 6.40. The molecule has 0 saturated heterocycles. The van der Waals surface area contributed by atoms with Crippen LogP contribution >= 0.6 is 0 Å². The van der Waals surface area contributed by atoms with Crippen LogP contribution < -0.4 is 5.56 Å². The van der Waals surface area contributed by atoms with Crippen LogP contribution in [0.4, 0.5) is 0 Å². The van der Waals surface area contributed by atoms with Crippen molar-refractivity contribution >= 4 is 0 Å². The van der Waals surface area contributed by atoms with E-state index in [1.165, 1.54) is 0 Å². The quantitative estimate of drug-likeness (QED) is 0.722. The number of aromatic nitrogens is 1. The Balaban J connectivity index is 2.78. The molecular weight excluding hydrogens is 178 g/mol. The molecule has 1 heterocycles. The number of ether oxygens (including phenoxy) is 1. The van der Waals surface area contributed by atoms with E-state index >= 15 is 0 Å². The van der Waals surface area contributed by atoms with Crippen LogP contribution in [-0.4, -0.2) is 10.2 Å². The molecule has 0 saturated carbocycles. The predicted molar refractivity (Wildman–Crippen MR) is 56.3 cm³/mol. The van der Waals surface area contributed by atoms with E-state index in [0.717, 1.165) is 5.56 Å². The molecule has 0 aliphatic carbocycles. The van der Waals surface area contributed by atoms with Crippen molar-refractivity contribution in [2.75, 3.05) is 0 Å². The van der Waals surface area contributed by atoms with Crippen LogP contribution in [0.2, 0.25) is 0 Å². The van der Waals surface area contributed by atoms with Gasteiger partial charge in [0.15, 0.2) is 0 Å². The maximum absolute atomic E-state index is 11.6. The summed E-state index contributed by atoms with van der Waals surface area (Å²) in [4.78, 5) is 11.6. The lowest BCUT2D eigenvalue weighted by molar-refractivity contribution is -0.0446. The molecule has 0 N–H and O–H groups in total. The van der Waals surface area contributed by atoms with Crippen molar-refractivity contribution < 1.29 is 4.74 Å². The Morgan fingerprint density at radius 3 is 2.64 bits per heavy atom. The molecule has 0 aliphatic heterocycles. The Kier molecular flexibility index (Phi) is 3.11. The molecule has 0 fully saturated rings. The summed E-state index contributed by atoms with van der Waals surface area (Å²) < 4.78 is 7.08. The highest BCUT2D eigenvalue weighted by molar-refractivity contribution is 5.07. The molecular formula is C11H17NO2. The number of aryl methyl sites for hydroxylation is 1. The van der Waals surface area contributed by atoms with E-state index in [2.05, 4.69) is 0 Å². The van der Waals surface area contributed by atoms with Crippen molar-refractivity contribution in [1.82, 2.24) is 4.57 Å². The molecule has 3 heteroatoms. The van der Waals surface area contributed by atoms with Crippen LogP contribution in [0.5, 0.6) is 0 Å². The molecule has 1 aromatic rings. The van der Waals surface area contributed by atoms with Gasteiger partial charge < -0.3 is 4.74 Å². The van der Waals surface area contributed by atoms with Gasteiger partial charge in [-0.2, -0.15) is 0 Å². The van der Waals surface area contributed by atoms with Gasteiger partial charge in [0.05, 0.1) is 5.60 Å². The molecule has 1 aromatic heterocycles. The molecule has 0 unspecified atom stereocenters. The average molecular weight is 195 g/mol. The maximum Gasteiger partial charge on any atom is 0.255 e. The van der Waals surface area contributed by atoms with Gasteiger partial charge in [0.25, 0.3) is 5.56 Å². The summed E-state index contributed by atoms with van der Waals surface area (Å²) in [7, 11) is 0. The number of hydrogen-bond acceptors (Lipinski definition) is 2. The first-order valence-corrected chi connectivity index (χ1v) is 4.70. The highest BCUT2D eigenvalue weighted by Gasteiger charge is 2.10. The van der Waals surface area contributed by atoms with Crippen molar-refractivity contribution in [3.63, 3.8) is 0 Å². The Morgan fingerprint density at radius 1 is 1.43 bits per heavy atom. The molecule has 0 spiro atoms. The molecule has 3 nitrogen and oxygen atoms in total. The summed E-state index contributed by atoms with van der Waals surface area (Å²) in [5.41, 5.74) is 0.533. The van der Waals surface area contributed by atoms with Crippen molar-refractivity contribution in [2.24, 2.45) is 0 Å². The van der Waals surface area contributed by atoms with Gasteiger partial charge in [-0.15, -0.1) is 0 Å². The minimum atomic E-state index is -0.219. The minimum Gasteiger partial charge on any atom is -0.355 e. The summed E-state index contributed by atoms with van der Waals surface area (Å²) in [6, 6.07) is 3.65. The fourth-order valence-electron chi connectivity index (χ4n) is 1.02. The van der Waals surface area contributed by atoms with Gasteiger partial charge in [-0.25, -0.2) is 0 Å². The monoisotopic (exact) mass is 195 g/mol. The highest BCUT2D eigenvalue weighted by atomic mass is 16.5. The van der Waals surface area contributed by atoms with Gasteiger partial charge in [-0.3, -0.25) is 9.36 Å². The van der Waals surface area contributed by atoms with E-state index in [4.69, 9.17) is 4.74 Å². The number of rotatable bonds is 2. The smallest absolute Gasteiger partial charge is 0.255 e. The van der Waals surface area contributed by atoms with Gasteiger partial charge in [-0.1, -0.05) is 6.07 Å². The van der Waals surface area contributed by atoms with Crippen LogP contribution in [0.1, 0.15) is 26.3 Å². The summed E-state index contributed by atoms with van der Waals surface area (Å²) in [6.07, 6.45) is 1.74. The Morgan fingerprint density at radius 2 is 2.07 bits per heavy atom. The largest absolute Gasteiger partial charge is 0.355 e. The van der Waals surface area contributed by atoms with E-state index in [-0.39, 0.29) is 11.2 Å². The summed E-state index contributed by atoms with van der Waals surface area (Å²) in [5, 5.41) is 0. The van der Waals surface area contributed by atoms with Gasteiger partial charge in [0.2, 0.25) is 0 Å². The molecule has 0 aliphatic rings. The molecule has 0 atom stereocenters.